The topological polar surface area (TPSA) is 63.4 Å². The molecule has 0 atom stereocenters. The fraction of sp³-hybridized carbons (Fsp3) is 1.00. The van der Waals surface area contributed by atoms with Crippen molar-refractivity contribution in [2.45, 2.75) is 50.7 Å². The second-order valence-corrected chi connectivity index (χ2v) is 7.61. The van der Waals surface area contributed by atoms with E-state index in [1.54, 1.807) is 0 Å². The first-order valence-electron chi connectivity index (χ1n) is 7.57. The molecule has 114 valence electrons. The third kappa shape index (κ3) is 4.82. The molecule has 0 bridgehead atoms. The van der Waals surface area contributed by atoms with E-state index in [-0.39, 0.29) is 0 Å². The number of piperidine rings is 1. The van der Waals surface area contributed by atoms with Crippen molar-refractivity contribution >= 4 is 17.0 Å². The van der Waals surface area contributed by atoms with E-state index in [1.807, 2.05) is 4.44 Å². The van der Waals surface area contributed by atoms with Crippen LogP contribution in [0.2, 0.25) is 0 Å². The summed E-state index contributed by atoms with van der Waals surface area (Å²) in [5.41, 5.74) is 0. The van der Waals surface area contributed by atoms with Gasteiger partial charge in [-0.1, -0.05) is 0 Å². The summed E-state index contributed by atoms with van der Waals surface area (Å²) >= 11 is 0. The smallest absolute Gasteiger partial charge is 0.100 e. The molecule has 0 radical (unpaired) electrons. The van der Waals surface area contributed by atoms with Gasteiger partial charge in [0.1, 0.15) is 17.0 Å². The Kier molecular flexibility index (Phi) is 7.00. The monoisotopic (exact) mass is 316 g/mol. The molecule has 2 aliphatic rings. The Bertz CT molecular complexity index is 307. The van der Waals surface area contributed by atoms with Crippen LogP contribution in [-0.4, -0.2) is 48.2 Å². The first kappa shape index (κ1) is 16.5. The van der Waals surface area contributed by atoms with Crippen LogP contribution < -0.4 is 0 Å². The van der Waals surface area contributed by atoms with Crippen LogP contribution in [0.5, 0.6) is 0 Å². The highest BCUT2D eigenvalue weighted by Crippen LogP contribution is 2.33. The standard InChI is InChI=1S/C13H26N4OP2/c1-16-8-6-11(7-9-16)10-18-13-4-2-12(3-5-13)17(19-14)20-15/h11-15H,2-10H2,1H3. The lowest BCUT2D eigenvalue weighted by molar-refractivity contribution is -0.00870. The molecule has 1 aliphatic heterocycles. The molecule has 20 heavy (non-hydrogen) atoms. The zero-order chi connectivity index (χ0) is 14.4. The number of nitrogens with one attached hydrogen (secondary N) is 2. The predicted octanol–water partition coefficient (Wildman–Crippen LogP) is 4.21. The number of hydrogen-bond acceptors (Lipinski definition) is 4. The molecule has 0 aromatic heterocycles. The van der Waals surface area contributed by atoms with Crippen molar-refractivity contribution in [2.24, 2.45) is 5.92 Å². The first-order valence-corrected chi connectivity index (χ1v) is 9.26. The summed E-state index contributed by atoms with van der Waals surface area (Å²) in [6, 6.07) is 0.413. The molecule has 1 aliphatic carbocycles. The molecule has 1 heterocycles. The van der Waals surface area contributed by atoms with Crippen molar-refractivity contribution in [1.82, 2.24) is 9.34 Å². The van der Waals surface area contributed by atoms with Gasteiger partial charge in [0, 0.05) is 12.6 Å². The van der Waals surface area contributed by atoms with Crippen molar-refractivity contribution in [1.29, 1.82) is 10.3 Å². The largest absolute Gasteiger partial charge is 0.378 e. The van der Waals surface area contributed by atoms with Crippen LogP contribution in [0.1, 0.15) is 38.5 Å². The number of rotatable bonds is 6. The SMILES string of the molecule is CN1CCC(COC2CCC(N(P=N)P=N)CC2)CC1. The summed E-state index contributed by atoms with van der Waals surface area (Å²) < 4.78 is 8.01. The van der Waals surface area contributed by atoms with Crippen LogP contribution in [-0.2, 0) is 4.74 Å². The van der Waals surface area contributed by atoms with Crippen LogP contribution in [0.15, 0.2) is 0 Å². The van der Waals surface area contributed by atoms with Gasteiger partial charge in [-0.3, -0.25) is 10.3 Å². The summed E-state index contributed by atoms with van der Waals surface area (Å²) in [4.78, 5) is 2.40. The maximum atomic E-state index is 7.41. The molecular weight excluding hydrogens is 290 g/mol. The van der Waals surface area contributed by atoms with Gasteiger partial charge in [-0.25, -0.2) is 0 Å². The molecule has 1 saturated carbocycles. The quantitative estimate of drug-likeness (QED) is 0.722. The Morgan fingerprint density at radius 1 is 1.05 bits per heavy atom. The van der Waals surface area contributed by atoms with Gasteiger partial charge in [-0.05, 0) is 64.6 Å². The van der Waals surface area contributed by atoms with Gasteiger partial charge in [-0.2, -0.15) is 4.44 Å². The van der Waals surface area contributed by atoms with Crippen LogP contribution in [0.4, 0.5) is 0 Å². The molecule has 5 nitrogen and oxygen atoms in total. The lowest BCUT2D eigenvalue weighted by atomic mass is 9.93. The summed E-state index contributed by atoms with van der Waals surface area (Å²) in [5.74, 6) is 0.749. The highest BCUT2D eigenvalue weighted by molar-refractivity contribution is 7.39. The molecule has 0 spiro atoms. The van der Waals surface area contributed by atoms with Crippen molar-refractivity contribution in [2.75, 3.05) is 26.7 Å². The van der Waals surface area contributed by atoms with E-state index in [4.69, 9.17) is 15.1 Å². The fourth-order valence-corrected chi connectivity index (χ4v) is 4.10. The zero-order valence-corrected chi connectivity index (χ0v) is 14.1. The summed E-state index contributed by atoms with van der Waals surface area (Å²) in [7, 11) is 3.16. The minimum absolute atomic E-state index is 0.413. The minimum atomic E-state index is 0.413. The molecule has 1 saturated heterocycles. The normalized spacial score (nSPS) is 30.3. The average Bonchev–Trinajstić information content (AvgIpc) is 2.49. The van der Waals surface area contributed by atoms with Crippen molar-refractivity contribution in [3.8, 4) is 0 Å². The van der Waals surface area contributed by atoms with Crippen molar-refractivity contribution in [3.05, 3.63) is 0 Å². The minimum Gasteiger partial charge on any atom is -0.378 e. The van der Waals surface area contributed by atoms with Crippen LogP contribution in [0.25, 0.3) is 0 Å². The van der Waals surface area contributed by atoms with E-state index < -0.39 is 0 Å². The summed E-state index contributed by atoms with van der Waals surface area (Å²) in [6.45, 7) is 3.35. The van der Waals surface area contributed by atoms with Gasteiger partial charge in [0.15, 0.2) is 0 Å². The van der Waals surface area contributed by atoms with Crippen molar-refractivity contribution in [3.63, 3.8) is 0 Å². The molecule has 7 heteroatoms. The van der Waals surface area contributed by atoms with Crippen LogP contribution >= 0.6 is 17.0 Å². The highest BCUT2D eigenvalue weighted by atomic mass is 31.1. The van der Waals surface area contributed by atoms with E-state index in [1.165, 1.54) is 25.9 Å². The van der Waals surface area contributed by atoms with Gasteiger partial charge >= 0.3 is 0 Å². The number of hydrogen-bond donors (Lipinski definition) is 2. The molecule has 2 fully saturated rings. The third-order valence-corrected chi connectivity index (χ3v) is 6.18. The second kappa shape index (κ2) is 8.51. The average molecular weight is 316 g/mol. The maximum absolute atomic E-state index is 7.41. The van der Waals surface area contributed by atoms with E-state index in [2.05, 4.69) is 11.9 Å². The van der Waals surface area contributed by atoms with Crippen LogP contribution in [0.3, 0.4) is 0 Å². The number of likely N-dealkylation sites (tertiary alicyclic amines) is 1. The van der Waals surface area contributed by atoms with Crippen LogP contribution in [0, 0.1) is 16.2 Å². The maximum Gasteiger partial charge on any atom is 0.100 e. The summed E-state index contributed by atoms with van der Waals surface area (Å²) in [6.07, 6.45) is 7.31. The molecule has 2 rings (SSSR count). The van der Waals surface area contributed by atoms with Gasteiger partial charge < -0.3 is 9.64 Å². The van der Waals surface area contributed by atoms with Crippen molar-refractivity contribution < 1.29 is 4.74 Å². The van der Waals surface area contributed by atoms with E-state index in [9.17, 15) is 0 Å². The lowest BCUT2D eigenvalue weighted by Gasteiger charge is -2.33. The highest BCUT2D eigenvalue weighted by Gasteiger charge is 2.26. The van der Waals surface area contributed by atoms with E-state index >= 15 is 0 Å². The molecule has 0 aromatic rings. The molecular formula is C13H26N4OP2. The Morgan fingerprint density at radius 3 is 2.20 bits per heavy atom. The first-order chi connectivity index (χ1) is 9.72. The molecule has 0 aromatic carbocycles. The van der Waals surface area contributed by atoms with Gasteiger partial charge in [0.25, 0.3) is 0 Å². The van der Waals surface area contributed by atoms with E-state index in [0.29, 0.717) is 29.2 Å². The molecule has 2 N–H and O–H groups in total. The molecule has 0 amide bonds. The zero-order valence-electron chi connectivity index (χ0n) is 12.3. The molecule has 0 unspecified atom stereocenters. The van der Waals surface area contributed by atoms with E-state index in [0.717, 1.165) is 38.2 Å². The number of ether oxygens (including phenoxy) is 1. The Labute approximate surface area is 125 Å². The lowest BCUT2D eigenvalue weighted by Crippen LogP contribution is -2.34. The van der Waals surface area contributed by atoms with Gasteiger partial charge in [0.2, 0.25) is 0 Å². The van der Waals surface area contributed by atoms with Gasteiger partial charge in [0.05, 0.1) is 6.10 Å². The van der Waals surface area contributed by atoms with Gasteiger partial charge in [-0.15, -0.1) is 0 Å². The summed E-state index contributed by atoms with van der Waals surface area (Å²) in [5, 5.41) is 14.8. The predicted molar refractivity (Wildman–Crippen MR) is 83.3 cm³/mol. The Morgan fingerprint density at radius 2 is 1.65 bits per heavy atom. The fourth-order valence-electron chi connectivity index (χ4n) is 3.13. The Hall–Kier alpha value is 0.0800. The second-order valence-electron chi connectivity index (χ2n) is 6.03. The Balaban J connectivity index is 1.64. The number of nitrogens with zero attached hydrogens (tertiary/aromatic N) is 2. The third-order valence-electron chi connectivity index (χ3n) is 4.58.